The summed E-state index contributed by atoms with van der Waals surface area (Å²) in [6.07, 6.45) is 5.92. The molecule has 0 spiro atoms. The molecule has 0 aromatic carbocycles. The Kier molecular flexibility index (Phi) is 3.19. The van der Waals surface area contributed by atoms with E-state index < -0.39 is 0 Å². The number of pyridine rings is 1. The fraction of sp³-hybridized carbons (Fsp3) is 0.545. The molecule has 1 atom stereocenters. The number of aromatic nitrogens is 1. The number of rotatable bonds is 1. The predicted molar refractivity (Wildman–Crippen MR) is 61.2 cm³/mol. The molecular formula is C11H15BrN2. The van der Waals surface area contributed by atoms with Crippen molar-refractivity contribution < 1.29 is 0 Å². The largest absolute Gasteiger partial charge is 0.299 e. The van der Waals surface area contributed by atoms with Crippen molar-refractivity contribution in [1.29, 1.82) is 0 Å². The van der Waals surface area contributed by atoms with Crippen LogP contribution in [0.5, 0.6) is 0 Å². The number of piperidine rings is 1. The fourth-order valence-corrected chi connectivity index (χ4v) is 2.32. The van der Waals surface area contributed by atoms with Gasteiger partial charge < -0.3 is 0 Å². The molecule has 1 aliphatic heterocycles. The first-order valence-corrected chi connectivity index (χ1v) is 5.88. The maximum Gasteiger partial charge on any atom is 0.106 e. The lowest BCUT2D eigenvalue weighted by atomic mass is 9.97. The van der Waals surface area contributed by atoms with Crippen molar-refractivity contribution in [3.63, 3.8) is 0 Å². The Labute approximate surface area is 93.5 Å². The molecule has 1 aliphatic rings. The van der Waals surface area contributed by atoms with E-state index in [-0.39, 0.29) is 0 Å². The highest BCUT2D eigenvalue weighted by Crippen LogP contribution is 2.29. The van der Waals surface area contributed by atoms with Crippen LogP contribution in [0.2, 0.25) is 0 Å². The zero-order valence-electron chi connectivity index (χ0n) is 8.41. The van der Waals surface area contributed by atoms with E-state index in [0.29, 0.717) is 6.04 Å². The number of hydrogen-bond acceptors (Lipinski definition) is 2. The van der Waals surface area contributed by atoms with E-state index in [1.165, 1.54) is 31.4 Å². The monoisotopic (exact) mass is 254 g/mol. The number of likely N-dealkylation sites (tertiary alicyclic amines) is 1. The standard InChI is InChI=1S/C11H15BrN2/c1-14-7-3-2-4-10(14)9-5-6-11(12)13-8-9/h5-6,8,10H,2-4,7H2,1H3/t10-/m0/s1. The smallest absolute Gasteiger partial charge is 0.106 e. The van der Waals surface area contributed by atoms with Crippen molar-refractivity contribution in [2.24, 2.45) is 0 Å². The first-order valence-electron chi connectivity index (χ1n) is 5.09. The molecule has 0 amide bonds. The average Bonchev–Trinajstić information content (AvgIpc) is 2.20. The lowest BCUT2D eigenvalue weighted by Crippen LogP contribution is -2.29. The summed E-state index contributed by atoms with van der Waals surface area (Å²) in [5.41, 5.74) is 1.34. The van der Waals surface area contributed by atoms with Gasteiger partial charge in [-0.3, -0.25) is 4.90 Å². The Hall–Kier alpha value is -0.410. The predicted octanol–water partition coefficient (Wildman–Crippen LogP) is 3.00. The highest BCUT2D eigenvalue weighted by molar-refractivity contribution is 9.10. The zero-order chi connectivity index (χ0) is 9.97. The third-order valence-corrected chi connectivity index (χ3v) is 3.37. The summed E-state index contributed by atoms with van der Waals surface area (Å²) in [7, 11) is 2.20. The molecule has 1 saturated heterocycles. The van der Waals surface area contributed by atoms with Crippen LogP contribution < -0.4 is 0 Å². The van der Waals surface area contributed by atoms with Crippen LogP contribution in [0.1, 0.15) is 30.9 Å². The first-order chi connectivity index (χ1) is 6.77. The molecule has 1 fully saturated rings. The third-order valence-electron chi connectivity index (χ3n) is 2.91. The third kappa shape index (κ3) is 2.15. The first kappa shape index (κ1) is 10.1. The summed E-state index contributed by atoms with van der Waals surface area (Å²) in [5, 5.41) is 0. The average molecular weight is 255 g/mol. The van der Waals surface area contributed by atoms with Gasteiger partial charge in [0.2, 0.25) is 0 Å². The van der Waals surface area contributed by atoms with Crippen LogP contribution in [-0.2, 0) is 0 Å². The molecule has 1 aromatic rings. The molecule has 2 nitrogen and oxygen atoms in total. The van der Waals surface area contributed by atoms with E-state index in [0.717, 1.165) is 4.60 Å². The molecule has 1 aromatic heterocycles. The van der Waals surface area contributed by atoms with Gasteiger partial charge in [-0.25, -0.2) is 4.98 Å². The molecule has 14 heavy (non-hydrogen) atoms. The summed E-state index contributed by atoms with van der Waals surface area (Å²) in [5.74, 6) is 0. The van der Waals surface area contributed by atoms with Gasteiger partial charge in [-0.1, -0.05) is 12.5 Å². The number of halogens is 1. The molecule has 0 aliphatic carbocycles. The van der Waals surface area contributed by atoms with Gasteiger partial charge in [0.25, 0.3) is 0 Å². The summed E-state index contributed by atoms with van der Waals surface area (Å²) in [6, 6.07) is 4.77. The minimum Gasteiger partial charge on any atom is -0.299 e. The van der Waals surface area contributed by atoms with Gasteiger partial charge in [-0.2, -0.15) is 0 Å². The molecule has 2 heterocycles. The molecule has 2 rings (SSSR count). The Morgan fingerprint density at radius 2 is 2.29 bits per heavy atom. The molecule has 0 bridgehead atoms. The molecule has 0 N–H and O–H groups in total. The van der Waals surface area contributed by atoms with Gasteiger partial charge in [0.05, 0.1) is 0 Å². The summed E-state index contributed by atoms with van der Waals surface area (Å²) in [6.45, 7) is 1.21. The van der Waals surface area contributed by atoms with Gasteiger partial charge in [0.15, 0.2) is 0 Å². The lowest BCUT2D eigenvalue weighted by Gasteiger charge is -2.32. The SMILES string of the molecule is CN1CCCC[C@H]1c1ccc(Br)nc1. The van der Waals surface area contributed by atoms with Crippen molar-refractivity contribution in [1.82, 2.24) is 9.88 Å². The van der Waals surface area contributed by atoms with Crippen LogP contribution in [0, 0.1) is 0 Å². The van der Waals surface area contributed by atoms with Crippen LogP contribution in [0.15, 0.2) is 22.9 Å². The Morgan fingerprint density at radius 3 is 2.93 bits per heavy atom. The van der Waals surface area contributed by atoms with Crippen LogP contribution in [0.4, 0.5) is 0 Å². The van der Waals surface area contributed by atoms with Gasteiger partial charge in [-0.05, 0) is 54.0 Å². The maximum absolute atomic E-state index is 4.28. The Bertz CT molecular complexity index is 297. The van der Waals surface area contributed by atoms with Gasteiger partial charge in [-0.15, -0.1) is 0 Å². The van der Waals surface area contributed by atoms with E-state index in [1.807, 2.05) is 12.3 Å². The van der Waals surface area contributed by atoms with E-state index in [4.69, 9.17) is 0 Å². The number of nitrogens with zero attached hydrogens (tertiary/aromatic N) is 2. The van der Waals surface area contributed by atoms with Crippen LogP contribution in [-0.4, -0.2) is 23.5 Å². The maximum atomic E-state index is 4.28. The normalized spacial score (nSPS) is 23.7. The quantitative estimate of drug-likeness (QED) is 0.717. The second-order valence-corrected chi connectivity index (χ2v) is 4.72. The van der Waals surface area contributed by atoms with E-state index in [2.05, 4.69) is 38.9 Å². The van der Waals surface area contributed by atoms with Crippen molar-refractivity contribution in [2.45, 2.75) is 25.3 Å². The van der Waals surface area contributed by atoms with Gasteiger partial charge in [0.1, 0.15) is 4.60 Å². The van der Waals surface area contributed by atoms with E-state index in [1.54, 1.807) is 0 Å². The van der Waals surface area contributed by atoms with Crippen molar-refractivity contribution in [3.05, 3.63) is 28.5 Å². The van der Waals surface area contributed by atoms with Gasteiger partial charge in [0, 0.05) is 12.2 Å². The Balaban J connectivity index is 2.16. The topological polar surface area (TPSA) is 16.1 Å². The lowest BCUT2D eigenvalue weighted by molar-refractivity contribution is 0.187. The number of hydrogen-bond donors (Lipinski definition) is 0. The fourth-order valence-electron chi connectivity index (χ4n) is 2.08. The van der Waals surface area contributed by atoms with E-state index >= 15 is 0 Å². The van der Waals surface area contributed by atoms with Crippen molar-refractivity contribution in [3.8, 4) is 0 Å². The highest BCUT2D eigenvalue weighted by atomic mass is 79.9. The van der Waals surface area contributed by atoms with Crippen LogP contribution in [0.25, 0.3) is 0 Å². The molecule has 76 valence electrons. The van der Waals surface area contributed by atoms with E-state index in [9.17, 15) is 0 Å². The minimum atomic E-state index is 0.573. The molecule has 0 saturated carbocycles. The van der Waals surface area contributed by atoms with Crippen LogP contribution in [0.3, 0.4) is 0 Å². The molecule has 3 heteroatoms. The van der Waals surface area contributed by atoms with Crippen molar-refractivity contribution >= 4 is 15.9 Å². The van der Waals surface area contributed by atoms with Crippen molar-refractivity contribution in [2.75, 3.05) is 13.6 Å². The molecule has 0 unspecified atom stereocenters. The molecular weight excluding hydrogens is 240 g/mol. The molecule has 0 radical (unpaired) electrons. The zero-order valence-corrected chi connectivity index (χ0v) is 10.00. The van der Waals surface area contributed by atoms with Crippen LogP contribution >= 0.6 is 15.9 Å². The summed E-state index contributed by atoms with van der Waals surface area (Å²) >= 11 is 3.36. The summed E-state index contributed by atoms with van der Waals surface area (Å²) < 4.78 is 0.916. The van der Waals surface area contributed by atoms with Gasteiger partial charge >= 0.3 is 0 Å². The highest BCUT2D eigenvalue weighted by Gasteiger charge is 2.20. The second kappa shape index (κ2) is 4.41. The summed E-state index contributed by atoms with van der Waals surface area (Å²) in [4.78, 5) is 6.70. The Morgan fingerprint density at radius 1 is 1.43 bits per heavy atom. The second-order valence-electron chi connectivity index (χ2n) is 3.91. The minimum absolute atomic E-state index is 0.573.